The van der Waals surface area contributed by atoms with Crippen molar-refractivity contribution in [3.63, 3.8) is 0 Å². The number of ether oxygens (including phenoxy) is 4. The summed E-state index contributed by atoms with van der Waals surface area (Å²) in [6.45, 7) is 0. The summed E-state index contributed by atoms with van der Waals surface area (Å²) < 4.78 is 24.2. The van der Waals surface area contributed by atoms with E-state index in [0.717, 1.165) is 9.75 Å². The number of hydrogen-bond donors (Lipinski definition) is 0. The predicted octanol–water partition coefficient (Wildman–Crippen LogP) is 9.79. The zero-order valence-corrected chi connectivity index (χ0v) is 31.4. The van der Waals surface area contributed by atoms with E-state index in [4.69, 9.17) is 65.4 Å². The summed E-state index contributed by atoms with van der Waals surface area (Å²) in [5, 5.41) is 6.00. The van der Waals surface area contributed by atoms with Gasteiger partial charge in [-0.25, -0.2) is 0 Å². The third-order valence-corrected chi connectivity index (χ3v) is 10.3. The van der Waals surface area contributed by atoms with Gasteiger partial charge in [0, 0.05) is 43.4 Å². The Morgan fingerprint density at radius 2 is 0.958 bits per heavy atom. The standard InChI is InChI=1S/C34H36Cl4N2O6S2/c1-39(2)31(17-27(29-15-23(37)19-47-29)43-25-9-5-21(35)6-10-25)45-33(41)13-14-34(42)46-32(40(3)4)18-28(30-16-24(38)20-48-30)44-26-11-7-22(36)8-12-26/h5-12,15-16,19-20,27-28,31-32H,13-14,17-18H2,1-4H3. The van der Waals surface area contributed by atoms with E-state index in [1.54, 1.807) is 86.5 Å². The second-order valence-electron chi connectivity index (χ2n) is 11.2. The Morgan fingerprint density at radius 3 is 1.25 bits per heavy atom. The Labute approximate surface area is 309 Å². The highest BCUT2D eigenvalue weighted by atomic mass is 35.5. The van der Waals surface area contributed by atoms with Crippen molar-refractivity contribution in [1.82, 2.24) is 9.80 Å². The molecule has 0 saturated carbocycles. The zero-order chi connectivity index (χ0) is 34.8. The number of rotatable bonds is 17. The summed E-state index contributed by atoms with van der Waals surface area (Å²) in [6.07, 6.45) is -1.93. The summed E-state index contributed by atoms with van der Waals surface area (Å²) in [6, 6.07) is 17.7. The van der Waals surface area contributed by atoms with Crippen molar-refractivity contribution in [2.24, 2.45) is 0 Å². The summed E-state index contributed by atoms with van der Waals surface area (Å²) in [5.41, 5.74) is 0. The molecule has 0 amide bonds. The molecular formula is C34H36Cl4N2O6S2. The Hall–Kier alpha value is -2.54. The molecule has 2 heterocycles. The average molecular weight is 775 g/mol. The summed E-state index contributed by atoms with van der Waals surface area (Å²) in [4.78, 5) is 31.3. The van der Waals surface area contributed by atoms with Gasteiger partial charge in [0.25, 0.3) is 0 Å². The van der Waals surface area contributed by atoms with Crippen LogP contribution in [-0.2, 0) is 19.1 Å². The summed E-state index contributed by atoms with van der Waals surface area (Å²) >= 11 is 27.4. The molecular weight excluding hydrogens is 738 g/mol. The highest BCUT2D eigenvalue weighted by Gasteiger charge is 2.28. The van der Waals surface area contributed by atoms with Gasteiger partial charge in [0.15, 0.2) is 12.5 Å². The maximum atomic E-state index is 13.0. The molecule has 0 bridgehead atoms. The van der Waals surface area contributed by atoms with Crippen LogP contribution in [0.5, 0.6) is 11.5 Å². The maximum Gasteiger partial charge on any atom is 0.307 e. The van der Waals surface area contributed by atoms with E-state index in [-0.39, 0.29) is 12.8 Å². The van der Waals surface area contributed by atoms with Gasteiger partial charge in [0.05, 0.1) is 22.9 Å². The van der Waals surface area contributed by atoms with Crippen LogP contribution in [0.25, 0.3) is 0 Å². The minimum absolute atomic E-state index is 0.165. The molecule has 14 heteroatoms. The van der Waals surface area contributed by atoms with Crippen molar-refractivity contribution in [3.05, 3.63) is 101 Å². The van der Waals surface area contributed by atoms with Crippen LogP contribution in [-0.4, -0.2) is 62.4 Å². The molecule has 0 radical (unpaired) electrons. The second kappa shape index (κ2) is 18.5. The molecule has 0 spiro atoms. The number of carbonyl (C=O) groups excluding carboxylic acids is 2. The van der Waals surface area contributed by atoms with Gasteiger partial charge < -0.3 is 18.9 Å². The number of benzene rings is 2. The minimum Gasteiger partial charge on any atom is -0.485 e. The number of thiophene rings is 2. The molecule has 0 saturated heterocycles. The minimum atomic E-state index is -0.649. The first kappa shape index (κ1) is 38.3. The summed E-state index contributed by atoms with van der Waals surface area (Å²) in [7, 11) is 7.21. The Bertz CT molecular complexity index is 1490. The van der Waals surface area contributed by atoms with Crippen molar-refractivity contribution in [1.29, 1.82) is 0 Å². The van der Waals surface area contributed by atoms with Gasteiger partial charge >= 0.3 is 11.9 Å². The third-order valence-electron chi connectivity index (χ3n) is 7.05. The van der Waals surface area contributed by atoms with E-state index in [2.05, 4.69) is 0 Å². The maximum absolute atomic E-state index is 13.0. The highest BCUT2D eigenvalue weighted by Crippen LogP contribution is 2.35. The Morgan fingerprint density at radius 1 is 0.604 bits per heavy atom. The number of esters is 2. The van der Waals surface area contributed by atoms with E-state index >= 15 is 0 Å². The molecule has 4 aromatic rings. The van der Waals surface area contributed by atoms with Crippen LogP contribution in [0.4, 0.5) is 0 Å². The van der Waals surface area contributed by atoms with Crippen LogP contribution in [0.3, 0.4) is 0 Å². The fourth-order valence-electron chi connectivity index (χ4n) is 4.51. The van der Waals surface area contributed by atoms with Crippen molar-refractivity contribution in [3.8, 4) is 11.5 Å². The lowest BCUT2D eigenvalue weighted by atomic mass is 10.1. The smallest absolute Gasteiger partial charge is 0.307 e. The quantitative estimate of drug-likeness (QED) is 0.0776. The molecule has 4 atom stereocenters. The highest BCUT2D eigenvalue weighted by molar-refractivity contribution is 7.10. The molecule has 258 valence electrons. The molecule has 4 unspecified atom stereocenters. The van der Waals surface area contributed by atoms with Gasteiger partial charge in [-0.05, 0) is 88.9 Å². The second-order valence-corrected chi connectivity index (χ2v) is 14.9. The van der Waals surface area contributed by atoms with Crippen molar-refractivity contribution < 1.29 is 28.5 Å². The van der Waals surface area contributed by atoms with E-state index in [0.29, 0.717) is 44.4 Å². The largest absolute Gasteiger partial charge is 0.485 e. The van der Waals surface area contributed by atoms with Gasteiger partial charge in [0.2, 0.25) is 0 Å². The van der Waals surface area contributed by atoms with Crippen LogP contribution in [0.2, 0.25) is 20.1 Å². The number of hydrogen-bond acceptors (Lipinski definition) is 10. The van der Waals surface area contributed by atoms with Crippen molar-refractivity contribution in [2.75, 3.05) is 28.2 Å². The molecule has 0 aliphatic heterocycles. The van der Waals surface area contributed by atoms with Gasteiger partial charge in [-0.2, -0.15) is 0 Å². The van der Waals surface area contributed by atoms with Crippen LogP contribution in [0.15, 0.2) is 71.4 Å². The third kappa shape index (κ3) is 12.1. The zero-order valence-electron chi connectivity index (χ0n) is 26.7. The lowest BCUT2D eigenvalue weighted by Crippen LogP contribution is -2.36. The SMILES string of the molecule is CN(C)C(CC(Oc1ccc(Cl)cc1)c1cc(Cl)cs1)OC(=O)CCC(=O)OC(CC(Oc1ccc(Cl)cc1)c1cc(Cl)cs1)N(C)C. The molecule has 0 fully saturated rings. The number of halogens is 4. The fourth-order valence-corrected chi connectivity index (χ4v) is 7.01. The summed E-state index contributed by atoms with van der Waals surface area (Å²) in [5.74, 6) is 0.134. The molecule has 0 aliphatic rings. The predicted molar refractivity (Wildman–Crippen MR) is 194 cm³/mol. The van der Waals surface area contributed by atoms with E-state index in [1.165, 1.54) is 22.7 Å². The lowest BCUT2D eigenvalue weighted by Gasteiger charge is -2.29. The molecule has 8 nitrogen and oxygen atoms in total. The Kier molecular flexibility index (Phi) is 14.7. The first-order valence-corrected chi connectivity index (χ1v) is 18.2. The van der Waals surface area contributed by atoms with E-state index in [9.17, 15) is 9.59 Å². The van der Waals surface area contributed by atoms with Crippen molar-refractivity contribution in [2.45, 2.75) is 50.3 Å². The first-order chi connectivity index (χ1) is 22.9. The van der Waals surface area contributed by atoms with Crippen LogP contribution < -0.4 is 9.47 Å². The number of nitrogens with zero attached hydrogens (tertiary/aromatic N) is 2. The lowest BCUT2D eigenvalue weighted by molar-refractivity contribution is -0.166. The topological polar surface area (TPSA) is 77.5 Å². The van der Waals surface area contributed by atoms with Crippen LogP contribution >= 0.6 is 69.1 Å². The van der Waals surface area contributed by atoms with Gasteiger partial charge in [-0.1, -0.05) is 46.4 Å². The van der Waals surface area contributed by atoms with E-state index in [1.807, 2.05) is 22.9 Å². The Balaban J connectivity index is 1.36. The van der Waals surface area contributed by atoms with Crippen LogP contribution in [0.1, 0.15) is 47.6 Å². The van der Waals surface area contributed by atoms with Crippen LogP contribution in [0, 0.1) is 0 Å². The van der Waals surface area contributed by atoms with Crippen molar-refractivity contribution >= 4 is 81.0 Å². The molecule has 4 rings (SSSR count). The van der Waals surface area contributed by atoms with Gasteiger partial charge in [-0.3, -0.25) is 19.4 Å². The molecule has 48 heavy (non-hydrogen) atoms. The molecule has 2 aromatic heterocycles. The average Bonchev–Trinajstić information content (AvgIpc) is 3.68. The molecule has 0 aliphatic carbocycles. The molecule has 0 N–H and O–H groups in total. The van der Waals surface area contributed by atoms with E-state index < -0.39 is 36.6 Å². The number of carbonyl (C=O) groups is 2. The first-order valence-electron chi connectivity index (χ1n) is 14.9. The van der Waals surface area contributed by atoms with Gasteiger partial charge in [-0.15, -0.1) is 22.7 Å². The normalized spacial score (nSPS) is 14.0. The van der Waals surface area contributed by atoms with Gasteiger partial charge in [0.1, 0.15) is 23.7 Å². The fraction of sp³-hybridized carbons (Fsp3) is 0.353. The molecule has 2 aromatic carbocycles. The monoisotopic (exact) mass is 772 g/mol.